The van der Waals surface area contributed by atoms with Crippen LogP contribution in [0.3, 0.4) is 0 Å². The number of nitrogens with zero attached hydrogens (tertiary/aromatic N) is 1. The Hall–Kier alpha value is -2.89. The van der Waals surface area contributed by atoms with Crippen molar-refractivity contribution in [2.24, 2.45) is 0 Å². The van der Waals surface area contributed by atoms with Crippen LogP contribution in [0.4, 0.5) is 15.8 Å². The summed E-state index contributed by atoms with van der Waals surface area (Å²) in [5.41, 5.74) is 1.22. The summed E-state index contributed by atoms with van der Waals surface area (Å²) in [6.07, 6.45) is -1.06. The van der Waals surface area contributed by atoms with Crippen molar-refractivity contribution >= 4 is 23.3 Å². The molecule has 0 bridgehead atoms. The summed E-state index contributed by atoms with van der Waals surface area (Å²) in [5, 5.41) is 2.40. The summed E-state index contributed by atoms with van der Waals surface area (Å²) in [6, 6.07) is 12.7. The number of ether oxygens (including phenoxy) is 1. The van der Waals surface area contributed by atoms with Gasteiger partial charge in [0, 0.05) is 19.8 Å². The smallest absolute Gasteiger partial charge is 0.338 e. The lowest BCUT2D eigenvalue weighted by Crippen LogP contribution is -2.30. The molecule has 0 fully saturated rings. The summed E-state index contributed by atoms with van der Waals surface area (Å²) in [6.45, 7) is 1.43. The van der Waals surface area contributed by atoms with E-state index in [1.165, 1.54) is 25.1 Å². The van der Waals surface area contributed by atoms with Crippen LogP contribution in [0.25, 0.3) is 0 Å². The van der Waals surface area contributed by atoms with E-state index in [9.17, 15) is 14.0 Å². The summed E-state index contributed by atoms with van der Waals surface area (Å²) in [5.74, 6) is -1.77. The number of rotatable bonds is 5. The van der Waals surface area contributed by atoms with Crippen molar-refractivity contribution in [2.75, 3.05) is 24.3 Å². The second-order valence-electron chi connectivity index (χ2n) is 5.46. The molecule has 5 nitrogen and oxygen atoms in total. The van der Waals surface area contributed by atoms with Gasteiger partial charge in [0.2, 0.25) is 0 Å². The first-order chi connectivity index (χ1) is 11.4. The first-order valence-electron chi connectivity index (χ1n) is 7.42. The Balaban J connectivity index is 2.02. The second kappa shape index (κ2) is 7.59. The van der Waals surface area contributed by atoms with Crippen molar-refractivity contribution in [3.8, 4) is 0 Å². The number of benzene rings is 2. The number of esters is 1. The summed E-state index contributed by atoms with van der Waals surface area (Å²) < 4.78 is 18.7. The molecule has 126 valence electrons. The lowest BCUT2D eigenvalue weighted by Gasteiger charge is -2.16. The van der Waals surface area contributed by atoms with Crippen LogP contribution in [0.15, 0.2) is 48.5 Å². The van der Waals surface area contributed by atoms with E-state index in [-0.39, 0.29) is 5.69 Å². The summed E-state index contributed by atoms with van der Waals surface area (Å²) in [4.78, 5) is 26.1. The molecule has 0 aliphatic heterocycles. The SMILES string of the molecule is CC(OC(=O)c1cccc(N(C)C)c1)C(=O)Nc1ccccc1F. The molecule has 1 unspecified atom stereocenters. The van der Waals surface area contributed by atoms with E-state index in [0.717, 1.165) is 5.69 Å². The molecule has 1 N–H and O–H groups in total. The fourth-order valence-corrected chi connectivity index (χ4v) is 1.99. The van der Waals surface area contributed by atoms with Gasteiger partial charge in [-0.3, -0.25) is 4.79 Å². The Morgan fingerprint density at radius 1 is 1.12 bits per heavy atom. The zero-order valence-corrected chi connectivity index (χ0v) is 13.7. The maximum Gasteiger partial charge on any atom is 0.338 e. The van der Waals surface area contributed by atoms with Gasteiger partial charge in [0.1, 0.15) is 5.82 Å². The van der Waals surface area contributed by atoms with Gasteiger partial charge in [0.15, 0.2) is 6.10 Å². The topological polar surface area (TPSA) is 58.6 Å². The van der Waals surface area contributed by atoms with Crippen molar-refractivity contribution < 1.29 is 18.7 Å². The van der Waals surface area contributed by atoms with Crippen LogP contribution < -0.4 is 10.2 Å². The molecule has 0 aromatic heterocycles. The fraction of sp³-hybridized carbons (Fsp3) is 0.222. The van der Waals surface area contributed by atoms with Gasteiger partial charge in [-0.05, 0) is 37.3 Å². The molecule has 24 heavy (non-hydrogen) atoms. The molecule has 6 heteroatoms. The summed E-state index contributed by atoms with van der Waals surface area (Å²) >= 11 is 0. The van der Waals surface area contributed by atoms with E-state index in [4.69, 9.17) is 4.74 Å². The third-order valence-electron chi connectivity index (χ3n) is 3.38. The van der Waals surface area contributed by atoms with E-state index < -0.39 is 23.8 Å². The van der Waals surface area contributed by atoms with Crippen molar-refractivity contribution in [1.29, 1.82) is 0 Å². The highest BCUT2D eigenvalue weighted by molar-refractivity contribution is 5.97. The van der Waals surface area contributed by atoms with Crippen molar-refractivity contribution in [2.45, 2.75) is 13.0 Å². The van der Waals surface area contributed by atoms with Gasteiger partial charge in [-0.2, -0.15) is 0 Å². The van der Waals surface area contributed by atoms with E-state index >= 15 is 0 Å². The Kier molecular flexibility index (Phi) is 5.52. The quantitative estimate of drug-likeness (QED) is 0.856. The van der Waals surface area contributed by atoms with Crippen LogP contribution in [0, 0.1) is 5.82 Å². The number of anilines is 2. The van der Waals surface area contributed by atoms with Crippen molar-refractivity contribution in [3.63, 3.8) is 0 Å². The van der Waals surface area contributed by atoms with Crippen LogP contribution in [0.2, 0.25) is 0 Å². The van der Waals surface area contributed by atoms with Crippen LogP contribution in [0.5, 0.6) is 0 Å². The molecule has 0 spiro atoms. The average molecular weight is 330 g/mol. The number of hydrogen-bond donors (Lipinski definition) is 1. The van der Waals surface area contributed by atoms with Gasteiger partial charge in [0.05, 0.1) is 11.3 Å². The standard InChI is InChI=1S/C18H19FN2O3/c1-12(17(22)20-16-10-5-4-9-15(16)19)24-18(23)13-7-6-8-14(11-13)21(2)3/h4-12H,1-3H3,(H,20,22). The lowest BCUT2D eigenvalue weighted by molar-refractivity contribution is -0.123. The van der Waals surface area contributed by atoms with Crippen molar-refractivity contribution in [1.82, 2.24) is 0 Å². The molecule has 0 aliphatic rings. The predicted molar refractivity (Wildman–Crippen MR) is 90.7 cm³/mol. The molecule has 0 heterocycles. The number of carbonyl (C=O) groups excluding carboxylic acids is 2. The minimum absolute atomic E-state index is 0.0417. The Morgan fingerprint density at radius 2 is 1.83 bits per heavy atom. The highest BCUT2D eigenvalue weighted by Crippen LogP contribution is 2.16. The average Bonchev–Trinajstić information content (AvgIpc) is 2.56. The van der Waals surface area contributed by atoms with Gasteiger partial charge in [-0.15, -0.1) is 0 Å². The molecule has 0 aliphatic carbocycles. The first-order valence-corrected chi connectivity index (χ1v) is 7.42. The predicted octanol–water partition coefficient (Wildman–Crippen LogP) is 3.08. The lowest BCUT2D eigenvalue weighted by atomic mass is 10.2. The Labute approximate surface area is 140 Å². The summed E-state index contributed by atoms with van der Waals surface area (Å²) in [7, 11) is 3.71. The number of hydrogen-bond acceptors (Lipinski definition) is 4. The molecule has 1 amide bonds. The Morgan fingerprint density at radius 3 is 2.50 bits per heavy atom. The van der Waals surface area contributed by atoms with Gasteiger partial charge >= 0.3 is 5.97 Å². The monoisotopic (exact) mass is 330 g/mol. The third-order valence-corrected chi connectivity index (χ3v) is 3.38. The van der Waals surface area contributed by atoms with Crippen LogP contribution in [0.1, 0.15) is 17.3 Å². The van der Waals surface area contributed by atoms with Crippen LogP contribution >= 0.6 is 0 Å². The molecule has 0 saturated carbocycles. The first kappa shape index (κ1) is 17.5. The van der Waals surface area contributed by atoms with Crippen LogP contribution in [-0.2, 0) is 9.53 Å². The number of nitrogens with one attached hydrogen (secondary N) is 1. The van der Waals surface area contributed by atoms with E-state index in [2.05, 4.69) is 5.32 Å². The minimum Gasteiger partial charge on any atom is -0.449 e. The fourth-order valence-electron chi connectivity index (χ4n) is 1.99. The number of amides is 1. The minimum atomic E-state index is -1.06. The largest absolute Gasteiger partial charge is 0.449 e. The molecular weight excluding hydrogens is 311 g/mol. The normalized spacial score (nSPS) is 11.5. The van der Waals surface area contributed by atoms with Gasteiger partial charge < -0.3 is 15.0 Å². The molecule has 2 aromatic rings. The zero-order chi connectivity index (χ0) is 17.7. The number of carbonyl (C=O) groups is 2. The molecular formula is C18H19FN2O3. The van der Waals surface area contributed by atoms with E-state index in [0.29, 0.717) is 5.56 Å². The molecule has 2 aromatic carbocycles. The molecule has 0 saturated heterocycles. The Bertz CT molecular complexity index is 747. The highest BCUT2D eigenvalue weighted by Gasteiger charge is 2.20. The maximum atomic E-state index is 13.5. The third kappa shape index (κ3) is 4.32. The van der Waals surface area contributed by atoms with Gasteiger partial charge in [-0.25, -0.2) is 9.18 Å². The zero-order valence-electron chi connectivity index (χ0n) is 13.7. The number of halogens is 1. The van der Waals surface area contributed by atoms with Crippen LogP contribution in [-0.4, -0.2) is 32.1 Å². The van der Waals surface area contributed by atoms with Crippen molar-refractivity contribution in [3.05, 3.63) is 59.9 Å². The van der Waals surface area contributed by atoms with E-state index in [1.807, 2.05) is 25.1 Å². The number of para-hydroxylation sites is 1. The van der Waals surface area contributed by atoms with Gasteiger partial charge in [0.25, 0.3) is 5.91 Å². The highest BCUT2D eigenvalue weighted by atomic mass is 19.1. The maximum absolute atomic E-state index is 13.5. The molecule has 1 atom stereocenters. The van der Waals surface area contributed by atoms with E-state index in [1.54, 1.807) is 24.3 Å². The second-order valence-corrected chi connectivity index (χ2v) is 5.46. The van der Waals surface area contributed by atoms with Gasteiger partial charge in [-0.1, -0.05) is 18.2 Å². The molecule has 0 radical (unpaired) electrons. The molecule has 2 rings (SSSR count).